The molecule has 10 rings (SSSR count). The third-order valence-corrected chi connectivity index (χ3v) is 10.0. The Bertz CT molecular complexity index is 2320. The second kappa shape index (κ2) is 9.88. The molecule has 4 heteroatoms. The first-order valence-corrected chi connectivity index (χ1v) is 16.2. The van der Waals surface area contributed by atoms with Gasteiger partial charge in [-0.3, -0.25) is 0 Å². The average molecular weight is 588 g/mol. The lowest BCUT2D eigenvalue weighted by Crippen LogP contribution is -2.61. The monoisotopic (exact) mass is 587 g/mol. The number of fused-ring (bicyclic) bond motifs is 7. The number of rotatable bonds is 3. The molecule has 0 amide bonds. The molecule has 0 saturated carbocycles. The highest BCUT2D eigenvalue weighted by atomic mass is 15.2. The van der Waals surface area contributed by atoms with E-state index in [-0.39, 0.29) is 6.71 Å². The molecule has 0 atom stereocenters. The Labute approximate surface area is 269 Å². The van der Waals surface area contributed by atoms with E-state index in [0.717, 1.165) is 12.8 Å². The van der Waals surface area contributed by atoms with Gasteiger partial charge >= 0.3 is 0 Å². The Balaban J connectivity index is 1.33. The summed E-state index contributed by atoms with van der Waals surface area (Å²) in [5.41, 5.74) is 16.6. The summed E-state index contributed by atoms with van der Waals surface area (Å²) in [6.45, 7) is 0.102. The third kappa shape index (κ3) is 3.55. The van der Waals surface area contributed by atoms with Gasteiger partial charge in [-0.2, -0.15) is 0 Å². The van der Waals surface area contributed by atoms with Crippen LogP contribution in [0.25, 0.3) is 22.7 Å². The highest BCUT2D eigenvalue weighted by molar-refractivity contribution is 7.00. The lowest BCUT2D eigenvalue weighted by Gasteiger charge is -2.44. The number of hydrogen-bond acceptors (Lipinski definition) is 2. The lowest BCUT2D eigenvalue weighted by atomic mass is 9.33. The van der Waals surface area contributed by atoms with E-state index in [4.69, 9.17) is 0 Å². The van der Waals surface area contributed by atoms with Crippen LogP contribution in [-0.2, 0) is 6.42 Å². The number of hydrogen-bond donors (Lipinski definition) is 0. The van der Waals surface area contributed by atoms with Crippen LogP contribution in [-0.4, -0.2) is 11.3 Å². The minimum atomic E-state index is 0.102. The second-order valence-corrected chi connectivity index (χ2v) is 12.4. The zero-order valence-corrected chi connectivity index (χ0v) is 25.3. The molecule has 0 radical (unpaired) electrons. The predicted molar refractivity (Wildman–Crippen MR) is 195 cm³/mol. The number of allylic oxidation sites excluding steroid dienone is 1. The van der Waals surface area contributed by atoms with Crippen LogP contribution in [0.15, 0.2) is 152 Å². The molecule has 3 aliphatic rings. The van der Waals surface area contributed by atoms with Gasteiger partial charge in [-0.25, -0.2) is 0 Å². The Kier molecular flexibility index (Phi) is 5.50. The van der Waals surface area contributed by atoms with Crippen molar-refractivity contribution in [3.63, 3.8) is 0 Å². The predicted octanol–water partition coefficient (Wildman–Crippen LogP) is 8.67. The van der Waals surface area contributed by atoms with E-state index in [0.29, 0.717) is 0 Å². The van der Waals surface area contributed by atoms with Crippen LogP contribution in [0.5, 0.6) is 0 Å². The third-order valence-electron chi connectivity index (χ3n) is 10.0. The van der Waals surface area contributed by atoms with Crippen LogP contribution in [0.4, 0.5) is 34.1 Å². The molecule has 0 bridgehead atoms. The molecule has 6 aromatic carbocycles. The molecule has 0 spiro atoms. The summed E-state index contributed by atoms with van der Waals surface area (Å²) in [5, 5.41) is 1.32. The summed E-state index contributed by atoms with van der Waals surface area (Å²) in [4.78, 5) is 4.95. The van der Waals surface area contributed by atoms with Crippen molar-refractivity contribution in [3.05, 3.63) is 163 Å². The summed E-state index contributed by atoms with van der Waals surface area (Å²) in [5.74, 6) is 0. The van der Waals surface area contributed by atoms with E-state index in [1.807, 2.05) is 0 Å². The summed E-state index contributed by atoms with van der Waals surface area (Å²) in [6.07, 6.45) is 6.79. The number of benzene rings is 6. The molecule has 0 fully saturated rings. The number of nitrogens with zero attached hydrogens (tertiary/aromatic N) is 3. The fourth-order valence-electron chi connectivity index (χ4n) is 8.18. The van der Waals surface area contributed by atoms with Gasteiger partial charge in [0.05, 0.1) is 5.52 Å². The van der Waals surface area contributed by atoms with Crippen molar-refractivity contribution in [2.45, 2.75) is 12.8 Å². The van der Waals surface area contributed by atoms with Gasteiger partial charge in [-0.1, -0.05) is 97.1 Å². The van der Waals surface area contributed by atoms with E-state index in [2.05, 4.69) is 172 Å². The second-order valence-electron chi connectivity index (χ2n) is 12.4. The minimum absolute atomic E-state index is 0.102. The SMILES string of the molecule is C1=Cc2c(n(-c3ccccc3)c3cc4c(cc23)B2c3ccccc3N(c3ccccc3)c3cccc(c32)N4c2ccccc2)CC1. The number of anilines is 6. The molecule has 46 heavy (non-hydrogen) atoms. The maximum atomic E-state index is 2.52. The quantitative estimate of drug-likeness (QED) is 0.192. The molecule has 3 nitrogen and oxygen atoms in total. The first-order valence-electron chi connectivity index (χ1n) is 16.2. The van der Waals surface area contributed by atoms with Crippen LogP contribution >= 0.6 is 0 Å². The van der Waals surface area contributed by atoms with Crippen molar-refractivity contribution in [3.8, 4) is 5.69 Å². The maximum absolute atomic E-state index is 2.52. The van der Waals surface area contributed by atoms with Crippen molar-refractivity contribution in [2.75, 3.05) is 9.80 Å². The standard InChI is InChI=1S/C42H30BN3/c1-4-15-29(16-5-1)44-36-23-12-10-21-32(36)33-27-35-41(28-40(33)44)46(31-19-8-3-9-20-31)39-26-14-25-38-42(39)43(35)34-22-11-13-24-37(34)45(38)30-17-6-2-7-18-30/h1-11,13-22,24-28H,12,23H2. The molecular formula is C42H30BN3. The summed E-state index contributed by atoms with van der Waals surface area (Å²) >= 11 is 0. The van der Waals surface area contributed by atoms with Gasteiger partial charge in [0.25, 0.3) is 6.71 Å². The van der Waals surface area contributed by atoms with Gasteiger partial charge in [0, 0.05) is 56.5 Å². The van der Waals surface area contributed by atoms with Crippen LogP contribution < -0.4 is 26.2 Å². The molecule has 7 aromatic rings. The highest BCUT2D eigenvalue weighted by Crippen LogP contribution is 2.45. The molecule has 2 aliphatic heterocycles. The minimum Gasteiger partial charge on any atom is -0.313 e. The van der Waals surface area contributed by atoms with Crippen molar-refractivity contribution in [1.82, 2.24) is 4.57 Å². The van der Waals surface area contributed by atoms with Gasteiger partial charge in [0.2, 0.25) is 0 Å². The topological polar surface area (TPSA) is 11.4 Å². The van der Waals surface area contributed by atoms with Gasteiger partial charge in [0.1, 0.15) is 0 Å². The molecule has 0 unspecified atom stereocenters. The Morgan fingerprint density at radius 1 is 0.500 bits per heavy atom. The first-order chi connectivity index (χ1) is 22.9. The van der Waals surface area contributed by atoms with Crippen molar-refractivity contribution in [2.24, 2.45) is 0 Å². The Hall–Kier alpha value is -5.74. The smallest absolute Gasteiger partial charge is 0.252 e. The summed E-state index contributed by atoms with van der Waals surface area (Å²) in [7, 11) is 0. The normalized spacial score (nSPS) is 14.1. The van der Waals surface area contributed by atoms with E-state index >= 15 is 0 Å². The van der Waals surface area contributed by atoms with Crippen LogP contribution in [0.3, 0.4) is 0 Å². The van der Waals surface area contributed by atoms with Gasteiger partial charge in [0.15, 0.2) is 0 Å². The van der Waals surface area contributed by atoms with Crippen molar-refractivity contribution < 1.29 is 0 Å². The molecule has 1 aromatic heterocycles. The van der Waals surface area contributed by atoms with Crippen LogP contribution in [0, 0.1) is 0 Å². The molecule has 216 valence electrons. The van der Waals surface area contributed by atoms with Crippen molar-refractivity contribution >= 4 is 74.2 Å². The first kappa shape index (κ1) is 25.6. The summed E-state index contributed by atoms with van der Waals surface area (Å²) < 4.78 is 2.51. The molecule has 3 heterocycles. The maximum Gasteiger partial charge on any atom is 0.252 e. The fraction of sp³-hybridized carbons (Fsp3) is 0.0476. The van der Waals surface area contributed by atoms with Gasteiger partial charge in [-0.15, -0.1) is 0 Å². The van der Waals surface area contributed by atoms with Crippen molar-refractivity contribution in [1.29, 1.82) is 0 Å². The fourth-order valence-corrected chi connectivity index (χ4v) is 8.18. The molecular weight excluding hydrogens is 557 g/mol. The summed E-state index contributed by atoms with van der Waals surface area (Å²) in [6, 6.07) is 53.4. The van der Waals surface area contributed by atoms with Gasteiger partial charge < -0.3 is 14.4 Å². The largest absolute Gasteiger partial charge is 0.313 e. The average Bonchev–Trinajstić information content (AvgIpc) is 3.45. The molecule has 1 aliphatic carbocycles. The highest BCUT2D eigenvalue weighted by Gasteiger charge is 2.43. The Morgan fingerprint density at radius 3 is 1.78 bits per heavy atom. The molecule has 0 N–H and O–H groups in total. The van der Waals surface area contributed by atoms with Crippen LogP contribution in [0.1, 0.15) is 17.7 Å². The van der Waals surface area contributed by atoms with E-state index < -0.39 is 0 Å². The Morgan fingerprint density at radius 2 is 1.09 bits per heavy atom. The zero-order valence-electron chi connectivity index (χ0n) is 25.3. The van der Waals surface area contributed by atoms with E-state index in [1.54, 1.807) is 0 Å². The number of aromatic nitrogens is 1. The van der Waals surface area contributed by atoms with Gasteiger partial charge in [-0.05, 0) is 89.9 Å². The molecule has 0 saturated heterocycles. The number of para-hydroxylation sites is 4. The zero-order chi connectivity index (χ0) is 30.2. The lowest BCUT2D eigenvalue weighted by molar-refractivity contribution is 0.888. The van der Waals surface area contributed by atoms with Crippen LogP contribution in [0.2, 0.25) is 0 Å². The van der Waals surface area contributed by atoms with E-state index in [9.17, 15) is 0 Å². The van der Waals surface area contributed by atoms with E-state index in [1.165, 1.54) is 78.4 Å².